The second-order valence-corrected chi connectivity index (χ2v) is 5.90. The van der Waals surface area contributed by atoms with E-state index in [0.717, 1.165) is 11.8 Å². The molecule has 1 aromatic heterocycles. The molecule has 2 rings (SSSR count). The number of H-pyrrole nitrogens is 1. The Labute approximate surface area is 138 Å². The monoisotopic (exact) mass is 360 g/mol. The number of hydrogen-bond donors (Lipinski definition) is 1. The molecule has 0 aliphatic carbocycles. The summed E-state index contributed by atoms with van der Waals surface area (Å²) in [7, 11) is 0. The third-order valence-corrected chi connectivity index (χ3v) is 3.92. The first kappa shape index (κ1) is 18.2. The number of aromatic amines is 1. The Kier molecular flexibility index (Phi) is 5.76. The van der Waals surface area contributed by atoms with E-state index in [4.69, 9.17) is 0 Å². The molecule has 9 heteroatoms. The number of nitrogens with one attached hydrogen (secondary N) is 1. The van der Waals surface area contributed by atoms with E-state index in [1.807, 2.05) is 0 Å². The molecule has 0 atom stereocenters. The SMILES string of the molecule is O=C(CCCSc1nc(C(F)(F)F)cc(=O)[nH]1)c1ccc(F)cc1. The average molecular weight is 360 g/mol. The van der Waals surface area contributed by atoms with Crippen molar-refractivity contribution in [2.75, 3.05) is 5.75 Å². The first-order valence-electron chi connectivity index (χ1n) is 6.86. The minimum absolute atomic E-state index is 0.149. The summed E-state index contributed by atoms with van der Waals surface area (Å²) in [6, 6.07) is 5.49. The Morgan fingerprint density at radius 2 is 1.88 bits per heavy atom. The van der Waals surface area contributed by atoms with Gasteiger partial charge in [-0.2, -0.15) is 13.2 Å². The van der Waals surface area contributed by atoms with Crippen molar-refractivity contribution >= 4 is 17.5 Å². The highest BCUT2D eigenvalue weighted by molar-refractivity contribution is 7.99. The van der Waals surface area contributed by atoms with Crippen molar-refractivity contribution in [2.24, 2.45) is 0 Å². The molecule has 0 bridgehead atoms. The van der Waals surface area contributed by atoms with Gasteiger partial charge in [0.2, 0.25) is 0 Å². The lowest BCUT2D eigenvalue weighted by Gasteiger charge is -2.07. The van der Waals surface area contributed by atoms with Crippen LogP contribution >= 0.6 is 11.8 Å². The van der Waals surface area contributed by atoms with Gasteiger partial charge in [0, 0.05) is 23.8 Å². The van der Waals surface area contributed by atoms with Crippen LogP contribution in [-0.2, 0) is 6.18 Å². The molecule has 24 heavy (non-hydrogen) atoms. The highest BCUT2D eigenvalue weighted by Crippen LogP contribution is 2.27. The smallest absolute Gasteiger partial charge is 0.301 e. The first-order chi connectivity index (χ1) is 11.3. The van der Waals surface area contributed by atoms with Gasteiger partial charge in [0.1, 0.15) is 5.82 Å². The fourth-order valence-corrected chi connectivity index (χ4v) is 2.65. The zero-order chi connectivity index (χ0) is 17.7. The highest BCUT2D eigenvalue weighted by atomic mass is 32.2. The number of alkyl halides is 3. The average Bonchev–Trinajstić information content (AvgIpc) is 2.50. The van der Waals surface area contributed by atoms with E-state index in [0.29, 0.717) is 23.8 Å². The second-order valence-electron chi connectivity index (χ2n) is 4.82. The van der Waals surface area contributed by atoms with Crippen LogP contribution in [0.4, 0.5) is 17.6 Å². The molecule has 4 nitrogen and oxygen atoms in total. The molecule has 0 fully saturated rings. The summed E-state index contributed by atoms with van der Waals surface area (Å²) in [6.45, 7) is 0. The number of hydrogen-bond acceptors (Lipinski definition) is 4. The van der Waals surface area contributed by atoms with Gasteiger partial charge >= 0.3 is 6.18 Å². The molecule has 1 heterocycles. The van der Waals surface area contributed by atoms with Crippen LogP contribution in [0, 0.1) is 5.82 Å². The lowest BCUT2D eigenvalue weighted by molar-refractivity contribution is -0.141. The fraction of sp³-hybridized carbons (Fsp3) is 0.267. The zero-order valence-corrected chi connectivity index (χ0v) is 13.0. The van der Waals surface area contributed by atoms with Crippen LogP contribution in [0.3, 0.4) is 0 Å². The molecule has 0 unspecified atom stereocenters. The molecule has 0 spiro atoms. The summed E-state index contributed by atoms with van der Waals surface area (Å²) >= 11 is 0.926. The summed E-state index contributed by atoms with van der Waals surface area (Å²) in [6.07, 6.45) is -4.16. The van der Waals surface area contributed by atoms with Crippen molar-refractivity contribution in [1.82, 2.24) is 9.97 Å². The van der Waals surface area contributed by atoms with Gasteiger partial charge in [-0.05, 0) is 30.7 Å². The predicted octanol–water partition coefficient (Wildman–Crippen LogP) is 3.68. The van der Waals surface area contributed by atoms with Gasteiger partial charge in [0.15, 0.2) is 16.6 Å². The molecule has 0 radical (unpaired) electrons. The number of carbonyl (C=O) groups is 1. The van der Waals surface area contributed by atoms with Crippen LogP contribution in [0.15, 0.2) is 40.3 Å². The Balaban J connectivity index is 1.88. The normalized spacial score (nSPS) is 11.5. The van der Waals surface area contributed by atoms with E-state index in [-0.39, 0.29) is 17.4 Å². The minimum Gasteiger partial charge on any atom is -0.301 e. The third-order valence-electron chi connectivity index (χ3n) is 2.96. The quantitative estimate of drug-likeness (QED) is 0.281. The lowest BCUT2D eigenvalue weighted by Crippen LogP contribution is -2.16. The van der Waals surface area contributed by atoms with Gasteiger partial charge in [0.25, 0.3) is 5.56 Å². The number of ketones is 1. The Hall–Kier alpha value is -2.16. The van der Waals surface area contributed by atoms with E-state index in [2.05, 4.69) is 9.97 Å². The maximum Gasteiger partial charge on any atom is 0.433 e. The minimum atomic E-state index is -4.69. The van der Waals surface area contributed by atoms with Crippen LogP contribution in [0.1, 0.15) is 28.9 Å². The number of benzene rings is 1. The van der Waals surface area contributed by atoms with Crippen molar-refractivity contribution in [3.8, 4) is 0 Å². The van der Waals surface area contributed by atoms with Crippen molar-refractivity contribution in [1.29, 1.82) is 0 Å². The highest BCUT2D eigenvalue weighted by Gasteiger charge is 2.33. The summed E-state index contributed by atoms with van der Waals surface area (Å²) in [4.78, 5) is 28.6. The van der Waals surface area contributed by atoms with Crippen molar-refractivity contribution in [2.45, 2.75) is 24.2 Å². The van der Waals surface area contributed by atoms with Crippen molar-refractivity contribution in [3.05, 3.63) is 57.8 Å². The number of thioether (sulfide) groups is 1. The van der Waals surface area contributed by atoms with E-state index in [1.54, 1.807) is 0 Å². The molecule has 2 aromatic rings. The van der Waals surface area contributed by atoms with Crippen molar-refractivity contribution in [3.63, 3.8) is 0 Å². The summed E-state index contributed by atoms with van der Waals surface area (Å²) in [5.74, 6) is -0.334. The largest absolute Gasteiger partial charge is 0.433 e. The lowest BCUT2D eigenvalue weighted by atomic mass is 10.1. The second kappa shape index (κ2) is 7.61. The van der Waals surface area contributed by atoms with Crippen molar-refractivity contribution < 1.29 is 22.4 Å². The number of Topliss-reactive ketones (excluding diaryl/α,β-unsaturated/α-hetero) is 1. The topological polar surface area (TPSA) is 62.8 Å². The van der Waals surface area contributed by atoms with Gasteiger partial charge in [0.05, 0.1) is 0 Å². The Morgan fingerprint density at radius 3 is 2.50 bits per heavy atom. The van der Waals surface area contributed by atoms with Gasteiger partial charge < -0.3 is 4.98 Å². The number of nitrogens with zero attached hydrogens (tertiary/aromatic N) is 1. The Morgan fingerprint density at radius 1 is 1.21 bits per heavy atom. The number of aromatic nitrogens is 2. The van der Waals surface area contributed by atoms with Gasteiger partial charge in [-0.3, -0.25) is 9.59 Å². The molecule has 1 N–H and O–H groups in total. The number of halogens is 4. The van der Waals surface area contributed by atoms with E-state index in [9.17, 15) is 27.2 Å². The molecule has 0 aliphatic heterocycles. The van der Waals surface area contributed by atoms with Crippen LogP contribution in [-0.4, -0.2) is 21.5 Å². The maximum absolute atomic E-state index is 12.8. The van der Waals surface area contributed by atoms with E-state index >= 15 is 0 Å². The summed E-state index contributed by atoms with van der Waals surface area (Å²) in [5.41, 5.74) is -1.77. The summed E-state index contributed by atoms with van der Waals surface area (Å²) in [5, 5.41) is -0.149. The molecule has 128 valence electrons. The van der Waals surface area contributed by atoms with Crippen LogP contribution in [0.25, 0.3) is 0 Å². The third kappa shape index (κ3) is 5.19. The fourth-order valence-electron chi connectivity index (χ4n) is 1.83. The standard InChI is InChI=1S/C15H12F4N2O2S/c16-10-5-3-9(4-6-10)11(22)2-1-7-24-14-20-12(15(17,18)19)8-13(23)21-14/h3-6,8H,1-2,7H2,(H,20,21,23). The molecule has 1 aromatic carbocycles. The summed E-state index contributed by atoms with van der Waals surface area (Å²) < 4.78 is 50.4. The number of rotatable bonds is 6. The zero-order valence-electron chi connectivity index (χ0n) is 12.2. The van der Waals surface area contributed by atoms with E-state index < -0.39 is 23.2 Å². The molecule has 0 saturated carbocycles. The van der Waals surface area contributed by atoms with Crippen LogP contribution in [0.5, 0.6) is 0 Å². The van der Waals surface area contributed by atoms with Crippen LogP contribution < -0.4 is 5.56 Å². The van der Waals surface area contributed by atoms with Crippen LogP contribution in [0.2, 0.25) is 0 Å². The molecule has 0 aliphatic rings. The van der Waals surface area contributed by atoms with Gasteiger partial charge in [-0.1, -0.05) is 11.8 Å². The van der Waals surface area contributed by atoms with E-state index in [1.165, 1.54) is 24.3 Å². The molecular weight excluding hydrogens is 348 g/mol. The first-order valence-corrected chi connectivity index (χ1v) is 7.84. The molecule has 0 saturated heterocycles. The molecular formula is C15H12F4N2O2S. The predicted molar refractivity (Wildman–Crippen MR) is 80.5 cm³/mol. The number of carbonyl (C=O) groups excluding carboxylic acids is 1. The molecule has 0 amide bonds. The Bertz CT molecular complexity index is 772. The van der Waals surface area contributed by atoms with Gasteiger partial charge in [-0.15, -0.1) is 0 Å². The maximum atomic E-state index is 12.8. The van der Waals surface area contributed by atoms with Gasteiger partial charge in [-0.25, -0.2) is 9.37 Å².